The van der Waals surface area contributed by atoms with Gasteiger partial charge in [0, 0.05) is 35.4 Å². The first-order valence-corrected chi connectivity index (χ1v) is 10.7. The average Bonchev–Trinajstić information content (AvgIpc) is 3.35. The summed E-state index contributed by atoms with van der Waals surface area (Å²) in [5, 5.41) is 2.97. The summed E-state index contributed by atoms with van der Waals surface area (Å²) in [7, 11) is 0. The largest absolute Gasteiger partial charge is 0.341 e. The second-order valence-electron chi connectivity index (χ2n) is 8.29. The molecule has 1 N–H and O–H groups in total. The van der Waals surface area contributed by atoms with Crippen molar-refractivity contribution in [1.82, 2.24) is 19.9 Å². The van der Waals surface area contributed by atoms with Crippen LogP contribution in [0.4, 0.5) is 0 Å². The number of hydrogen-bond donors (Lipinski definition) is 1. The lowest BCUT2D eigenvalue weighted by Crippen LogP contribution is -2.48. The minimum absolute atomic E-state index is 0.0418. The Bertz CT molecular complexity index is 961. The zero-order valence-corrected chi connectivity index (χ0v) is 16.4. The van der Waals surface area contributed by atoms with E-state index in [1.807, 2.05) is 17.2 Å². The Labute approximate surface area is 162 Å². The maximum absolute atomic E-state index is 12.9. The zero-order chi connectivity index (χ0) is 18.6. The number of carbonyl (C=O) groups excluding carboxylic acids is 1. The molecule has 2 fully saturated rings. The van der Waals surface area contributed by atoms with Gasteiger partial charge in [-0.15, -0.1) is 11.3 Å². The summed E-state index contributed by atoms with van der Waals surface area (Å²) < 4.78 is 0. The van der Waals surface area contributed by atoms with Crippen LogP contribution in [0.15, 0.2) is 10.2 Å². The van der Waals surface area contributed by atoms with E-state index in [2.05, 4.69) is 9.97 Å². The first-order chi connectivity index (χ1) is 13.0. The number of nitrogens with one attached hydrogen (secondary N) is 1. The van der Waals surface area contributed by atoms with Crippen LogP contribution in [0.5, 0.6) is 0 Å². The van der Waals surface area contributed by atoms with Gasteiger partial charge in [0.05, 0.1) is 22.8 Å². The van der Waals surface area contributed by atoms with Crippen molar-refractivity contribution < 1.29 is 4.79 Å². The van der Waals surface area contributed by atoms with Gasteiger partial charge in [-0.25, -0.2) is 9.97 Å². The number of hydrogen-bond acceptors (Lipinski definition) is 5. The molecule has 2 aromatic rings. The number of piperidine rings is 1. The highest BCUT2D eigenvalue weighted by molar-refractivity contribution is 7.09. The number of thiazole rings is 1. The smallest absolute Gasteiger partial charge is 0.254 e. The second kappa shape index (κ2) is 6.26. The third-order valence-electron chi connectivity index (χ3n) is 6.28. The number of aromatic nitrogens is 3. The van der Waals surface area contributed by atoms with Gasteiger partial charge in [0.1, 0.15) is 5.82 Å². The number of rotatable bonds is 3. The summed E-state index contributed by atoms with van der Waals surface area (Å²) in [6.07, 6.45) is 6.28. The Kier molecular flexibility index (Phi) is 3.96. The van der Waals surface area contributed by atoms with Gasteiger partial charge in [0.2, 0.25) is 5.91 Å². The number of H-pyrrole nitrogens is 1. The molecular weight excluding hydrogens is 360 g/mol. The molecular formula is C20H24N4O2S. The van der Waals surface area contributed by atoms with Crippen LogP contribution in [0.2, 0.25) is 0 Å². The van der Waals surface area contributed by atoms with Gasteiger partial charge < -0.3 is 9.88 Å². The highest BCUT2D eigenvalue weighted by Gasteiger charge is 2.46. The molecule has 1 amide bonds. The topological polar surface area (TPSA) is 79.0 Å². The maximum Gasteiger partial charge on any atom is 0.254 e. The summed E-state index contributed by atoms with van der Waals surface area (Å²) in [6, 6.07) is 0. The van der Waals surface area contributed by atoms with E-state index < -0.39 is 0 Å². The number of carbonyl (C=O) groups is 1. The summed E-state index contributed by atoms with van der Waals surface area (Å²) in [4.78, 5) is 39.8. The Balaban J connectivity index is 1.41. The Morgan fingerprint density at radius 2 is 2.22 bits per heavy atom. The number of amides is 1. The molecule has 27 heavy (non-hydrogen) atoms. The monoisotopic (exact) mass is 384 g/mol. The van der Waals surface area contributed by atoms with Crippen LogP contribution in [-0.4, -0.2) is 38.8 Å². The molecule has 5 rings (SSSR count). The Morgan fingerprint density at radius 3 is 2.96 bits per heavy atom. The van der Waals surface area contributed by atoms with Crippen molar-refractivity contribution in [3.05, 3.63) is 43.5 Å². The molecule has 2 aromatic heterocycles. The molecule has 6 nitrogen and oxygen atoms in total. The van der Waals surface area contributed by atoms with Crippen molar-refractivity contribution >= 4 is 17.2 Å². The van der Waals surface area contributed by atoms with Crippen molar-refractivity contribution in [2.75, 3.05) is 13.1 Å². The summed E-state index contributed by atoms with van der Waals surface area (Å²) in [5.41, 5.74) is 2.60. The second-order valence-corrected chi connectivity index (χ2v) is 9.35. The summed E-state index contributed by atoms with van der Waals surface area (Å²) in [5.74, 6) is 1.43. The predicted molar refractivity (Wildman–Crippen MR) is 103 cm³/mol. The van der Waals surface area contributed by atoms with Gasteiger partial charge in [-0.2, -0.15) is 0 Å². The molecule has 0 radical (unpaired) electrons. The van der Waals surface area contributed by atoms with E-state index in [-0.39, 0.29) is 16.9 Å². The minimum Gasteiger partial charge on any atom is -0.341 e. The van der Waals surface area contributed by atoms with Crippen molar-refractivity contribution in [3.63, 3.8) is 0 Å². The van der Waals surface area contributed by atoms with Crippen LogP contribution in [0.3, 0.4) is 0 Å². The van der Waals surface area contributed by atoms with Crippen molar-refractivity contribution in [2.45, 2.75) is 63.2 Å². The van der Waals surface area contributed by atoms with E-state index in [0.717, 1.165) is 72.9 Å². The van der Waals surface area contributed by atoms with E-state index in [1.54, 1.807) is 11.3 Å². The number of aryl methyl sites for hydroxylation is 1. The molecule has 1 saturated heterocycles. The van der Waals surface area contributed by atoms with Crippen molar-refractivity contribution in [2.24, 2.45) is 0 Å². The van der Waals surface area contributed by atoms with Gasteiger partial charge >= 0.3 is 0 Å². The lowest BCUT2D eigenvalue weighted by molar-refractivity contribution is -0.132. The third kappa shape index (κ3) is 3.02. The van der Waals surface area contributed by atoms with E-state index in [4.69, 9.17) is 4.98 Å². The fraction of sp³-hybridized carbons (Fsp3) is 0.600. The van der Waals surface area contributed by atoms with E-state index >= 15 is 0 Å². The number of likely N-dealkylation sites (tertiary alicyclic amines) is 1. The molecule has 1 saturated carbocycles. The first-order valence-electron chi connectivity index (χ1n) is 9.86. The Hall–Kier alpha value is -2.02. The lowest BCUT2D eigenvalue weighted by atomic mass is 9.77. The van der Waals surface area contributed by atoms with Gasteiger partial charge in [-0.05, 0) is 45.4 Å². The van der Waals surface area contributed by atoms with Crippen molar-refractivity contribution in [3.8, 4) is 0 Å². The van der Waals surface area contributed by atoms with Gasteiger partial charge in [-0.1, -0.05) is 0 Å². The molecule has 1 aliphatic heterocycles. The molecule has 0 bridgehead atoms. The highest BCUT2D eigenvalue weighted by atomic mass is 32.1. The first kappa shape index (κ1) is 17.1. The number of aromatic amines is 1. The minimum atomic E-state index is -0.140. The van der Waals surface area contributed by atoms with E-state index in [1.165, 1.54) is 0 Å². The molecule has 7 heteroatoms. The molecule has 1 atom stereocenters. The van der Waals surface area contributed by atoms with E-state index in [0.29, 0.717) is 18.9 Å². The predicted octanol–water partition coefficient (Wildman–Crippen LogP) is 2.46. The van der Waals surface area contributed by atoms with Crippen LogP contribution in [0.25, 0.3) is 0 Å². The maximum atomic E-state index is 12.9. The zero-order valence-electron chi connectivity index (χ0n) is 15.6. The highest BCUT2D eigenvalue weighted by Crippen LogP contribution is 2.45. The fourth-order valence-corrected chi connectivity index (χ4v) is 5.33. The molecule has 1 unspecified atom stereocenters. The molecule has 3 heterocycles. The van der Waals surface area contributed by atoms with Crippen LogP contribution in [0.1, 0.15) is 65.8 Å². The van der Waals surface area contributed by atoms with E-state index in [9.17, 15) is 9.59 Å². The molecule has 2 aliphatic carbocycles. The SMILES string of the molecule is Cc1nc(CC(=O)N2CCCC3(CCc4c3nc(C3CC3)[nH]c4=O)C2)cs1. The van der Waals surface area contributed by atoms with Gasteiger partial charge in [0.15, 0.2) is 0 Å². The molecule has 1 spiro atoms. The third-order valence-corrected chi connectivity index (χ3v) is 7.10. The normalized spacial score (nSPS) is 24.4. The number of fused-ring (bicyclic) bond motifs is 2. The summed E-state index contributed by atoms with van der Waals surface area (Å²) >= 11 is 1.58. The average molecular weight is 385 g/mol. The summed E-state index contributed by atoms with van der Waals surface area (Å²) in [6.45, 7) is 3.44. The lowest BCUT2D eigenvalue weighted by Gasteiger charge is -2.40. The molecule has 3 aliphatic rings. The van der Waals surface area contributed by atoms with Crippen molar-refractivity contribution in [1.29, 1.82) is 0 Å². The fourth-order valence-electron chi connectivity index (χ4n) is 4.72. The van der Waals surface area contributed by atoms with Gasteiger partial charge in [-0.3, -0.25) is 9.59 Å². The van der Waals surface area contributed by atoms with Crippen LogP contribution in [-0.2, 0) is 23.1 Å². The molecule has 0 aromatic carbocycles. The quantitative estimate of drug-likeness (QED) is 0.882. The van der Waals surface area contributed by atoms with Gasteiger partial charge in [0.25, 0.3) is 5.56 Å². The van der Waals surface area contributed by atoms with Crippen LogP contribution < -0.4 is 5.56 Å². The van der Waals surface area contributed by atoms with Crippen LogP contribution >= 0.6 is 11.3 Å². The standard InChI is InChI=1S/C20H24N4O2S/c1-12-21-14(10-27-12)9-16(25)24-8-2-6-20(11-24)7-5-15-17(20)22-18(13-3-4-13)23-19(15)26/h10,13H,2-9,11H2,1H3,(H,22,23,26). The molecule has 142 valence electrons. The Morgan fingerprint density at radius 1 is 1.37 bits per heavy atom. The number of nitrogens with zero attached hydrogens (tertiary/aromatic N) is 3. The van der Waals surface area contributed by atoms with Crippen LogP contribution in [0, 0.1) is 6.92 Å².